The van der Waals surface area contributed by atoms with E-state index in [-0.39, 0.29) is 0 Å². The van der Waals surface area contributed by atoms with Crippen molar-refractivity contribution in [2.24, 2.45) is 0 Å². The van der Waals surface area contributed by atoms with E-state index in [1.165, 1.54) is 0 Å². The molecular weight excluding hydrogens is 236 g/mol. The Bertz CT molecular complexity index is 687. The fourth-order valence-electron chi connectivity index (χ4n) is 2.14. The molecule has 0 saturated carbocycles. The Kier molecular flexibility index (Phi) is 3.14. The molecule has 0 unspecified atom stereocenters. The number of benzene rings is 1. The molecule has 0 aliphatic carbocycles. The van der Waals surface area contributed by atoms with Crippen molar-refractivity contribution >= 4 is 16.6 Å². The number of hydrogen-bond donors (Lipinski definition) is 1. The second-order valence-electron chi connectivity index (χ2n) is 4.40. The lowest BCUT2D eigenvalue weighted by Crippen LogP contribution is -2.07. The van der Waals surface area contributed by atoms with Gasteiger partial charge in [-0.2, -0.15) is 0 Å². The lowest BCUT2D eigenvalue weighted by atomic mass is 10.2. The predicted molar refractivity (Wildman–Crippen MR) is 77.0 cm³/mol. The van der Waals surface area contributed by atoms with Crippen molar-refractivity contribution in [1.82, 2.24) is 14.5 Å². The van der Waals surface area contributed by atoms with Crippen molar-refractivity contribution < 1.29 is 0 Å². The first-order valence-corrected chi connectivity index (χ1v) is 6.45. The maximum Gasteiger partial charge on any atom is 0.128 e. The van der Waals surface area contributed by atoms with Gasteiger partial charge in [-0.05, 0) is 19.1 Å². The topological polar surface area (TPSA) is 42.7 Å². The summed E-state index contributed by atoms with van der Waals surface area (Å²) in [5, 5.41) is 4.51. The molecule has 3 aromatic rings. The minimum absolute atomic E-state index is 0.709. The van der Waals surface area contributed by atoms with E-state index in [1.807, 2.05) is 36.8 Å². The van der Waals surface area contributed by atoms with Gasteiger partial charge in [0.1, 0.15) is 5.82 Å². The molecule has 0 aliphatic rings. The van der Waals surface area contributed by atoms with E-state index in [1.54, 1.807) is 0 Å². The summed E-state index contributed by atoms with van der Waals surface area (Å²) >= 11 is 0. The number of aromatic nitrogens is 3. The molecule has 0 atom stereocenters. The summed E-state index contributed by atoms with van der Waals surface area (Å²) in [6.07, 6.45) is 5.69. The van der Waals surface area contributed by atoms with Crippen LogP contribution in [0, 0.1) is 0 Å². The molecule has 0 fully saturated rings. The van der Waals surface area contributed by atoms with Crippen molar-refractivity contribution in [3.05, 3.63) is 54.7 Å². The van der Waals surface area contributed by atoms with Crippen LogP contribution in [-0.2, 0) is 13.1 Å². The van der Waals surface area contributed by atoms with Crippen LogP contribution >= 0.6 is 0 Å². The number of aryl methyl sites for hydroxylation is 1. The van der Waals surface area contributed by atoms with Crippen molar-refractivity contribution in [3.63, 3.8) is 0 Å². The molecule has 0 saturated heterocycles. The van der Waals surface area contributed by atoms with Gasteiger partial charge in [-0.15, -0.1) is 0 Å². The minimum Gasteiger partial charge on any atom is -0.377 e. The smallest absolute Gasteiger partial charge is 0.128 e. The monoisotopic (exact) mass is 252 g/mol. The number of para-hydroxylation sites is 1. The second-order valence-corrected chi connectivity index (χ2v) is 4.40. The molecule has 3 rings (SSSR count). The van der Waals surface area contributed by atoms with Crippen LogP contribution in [0.5, 0.6) is 0 Å². The van der Waals surface area contributed by atoms with Crippen LogP contribution in [0.2, 0.25) is 0 Å². The second kappa shape index (κ2) is 5.10. The fraction of sp³-hybridized carbons (Fsp3) is 0.200. The molecule has 4 nitrogen and oxygen atoms in total. The SMILES string of the molecule is CCn1ccnc1CNc1cnc2ccccc2c1. The van der Waals surface area contributed by atoms with Gasteiger partial charge >= 0.3 is 0 Å². The summed E-state index contributed by atoms with van der Waals surface area (Å²) in [5.41, 5.74) is 2.03. The van der Waals surface area contributed by atoms with E-state index in [0.717, 1.165) is 29.0 Å². The predicted octanol–water partition coefficient (Wildman–Crippen LogP) is 3.06. The quantitative estimate of drug-likeness (QED) is 0.776. The molecule has 2 heterocycles. The summed E-state index contributed by atoms with van der Waals surface area (Å²) in [5.74, 6) is 1.04. The van der Waals surface area contributed by atoms with Gasteiger partial charge in [-0.25, -0.2) is 4.98 Å². The van der Waals surface area contributed by atoms with E-state index >= 15 is 0 Å². The largest absolute Gasteiger partial charge is 0.377 e. The highest BCUT2D eigenvalue weighted by Gasteiger charge is 2.01. The zero-order valence-electron chi connectivity index (χ0n) is 10.9. The summed E-state index contributed by atoms with van der Waals surface area (Å²) < 4.78 is 2.13. The summed E-state index contributed by atoms with van der Waals surface area (Å²) in [7, 11) is 0. The average Bonchev–Trinajstić information content (AvgIpc) is 2.92. The van der Waals surface area contributed by atoms with Crippen LogP contribution in [0.1, 0.15) is 12.7 Å². The first-order valence-electron chi connectivity index (χ1n) is 6.45. The van der Waals surface area contributed by atoms with Crippen LogP contribution in [0.25, 0.3) is 10.9 Å². The third-order valence-electron chi connectivity index (χ3n) is 3.18. The summed E-state index contributed by atoms with van der Waals surface area (Å²) in [6.45, 7) is 3.76. The van der Waals surface area contributed by atoms with E-state index in [2.05, 4.69) is 38.9 Å². The number of pyridine rings is 1. The number of nitrogens with one attached hydrogen (secondary N) is 1. The van der Waals surface area contributed by atoms with Gasteiger partial charge in [0.25, 0.3) is 0 Å². The van der Waals surface area contributed by atoms with Crippen LogP contribution < -0.4 is 5.32 Å². The van der Waals surface area contributed by atoms with Crippen molar-refractivity contribution in [2.45, 2.75) is 20.0 Å². The first-order chi connectivity index (χ1) is 9.36. The van der Waals surface area contributed by atoms with Gasteiger partial charge in [-0.3, -0.25) is 4.98 Å². The number of hydrogen-bond acceptors (Lipinski definition) is 3. The van der Waals surface area contributed by atoms with E-state index in [4.69, 9.17) is 0 Å². The Morgan fingerprint density at radius 1 is 1.21 bits per heavy atom. The molecule has 0 bridgehead atoms. The van der Waals surface area contributed by atoms with Gasteiger partial charge in [0.2, 0.25) is 0 Å². The Morgan fingerprint density at radius 2 is 2.11 bits per heavy atom. The highest BCUT2D eigenvalue weighted by Crippen LogP contribution is 2.16. The molecule has 0 spiro atoms. The molecule has 2 aromatic heterocycles. The molecular formula is C15H16N4. The van der Waals surface area contributed by atoms with Crippen molar-refractivity contribution in [2.75, 3.05) is 5.32 Å². The molecule has 96 valence electrons. The van der Waals surface area contributed by atoms with E-state index in [0.29, 0.717) is 6.54 Å². The lowest BCUT2D eigenvalue weighted by Gasteiger charge is -2.08. The standard InChI is InChI=1S/C15H16N4/c1-2-19-8-7-16-15(19)11-17-13-9-12-5-3-4-6-14(12)18-10-13/h3-10,17H,2,11H2,1H3. The van der Waals surface area contributed by atoms with Crippen molar-refractivity contribution in [1.29, 1.82) is 0 Å². The van der Waals surface area contributed by atoms with Gasteiger partial charge in [-0.1, -0.05) is 18.2 Å². The maximum absolute atomic E-state index is 4.43. The lowest BCUT2D eigenvalue weighted by molar-refractivity contribution is 0.708. The molecule has 1 N–H and O–H groups in total. The molecule has 0 aliphatic heterocycles. The zero-order valence-corrected chi connectivity index (χ0v) is 10.9. The Labute approximate surface area is 112 Å². The average molecular weight is 252 g/mol. The minimum atomic E-state index is 0.709. The van der Waals surface area contributed by atoms with E-state index in [9.17, 15) is 0 Å². The van der Waals surface area contributed by atoms with Gasteiger partial charge in [0, 0.05) is 24.3 Å². The van der Waals surface area contributed by atoms with Crippen LogP contribution in [-0.4, -0.2) is 14.5 Å². The molecule has 1 aromatic carbocycles. The van der Waals surface area contributed by atoms with Gasteiger partial charge < -0.3 is 9.88 Å². The number of rotatable bonds is 4. The highest BCUT2D eigenvalue weighted by atomic mass is 15.1. The molecule has 0 radical (unpaired) electrons. The van der Waals surface area contributed by atoms with Gasteiger partial charge in [0.15, 0.2) is 0 Å². The van der Waals surface area contributed by atoms with E-state index < -0.39 is 0 Å². The third-order valence-corrected chi connectivity index (χ3v) is 3.18. The van der Waals surface area contributed by atoms with Crippen LogP contribution in [0.4, 0.5) is 5.69 Å². The van der Waals surface area contributed by atoms with Crippen LogP contribution in [0.15, 0.2) is 48.9 Å². The number of anilines is 1. The number of imidazole rings is 1. The van der Waals surface area contributed by atoms with Crippen molar-refractivity contribution in [3.8, 4) is 0 Å². The Hall–Kier alpha value is -2.36. The van der Waals surface area contributed by atoms with Gasteiger partial charge in [0.05, 0.1) is 23.9 Å². The fourth-order valence-corrected chi connectivity index (χ4v) is 2.14. The van der Waals surface area contributed by atoms with Crippen LogP contribution in [0.3, 0.4) is 0 Å². The zero-order chi connectivity index (χ0) is 13.1. The maximum atomic E-state index is 4.43. The molecule has 0 amide bonds. The number of fused-ring (bicyclic) bond motifs is 1. The molecule has 4 heteroatoms. The normalized spacial score (nSPS) is 10.8. The summed E-state index contributed by atoms with van der Waals surface area (Å²) in [6, 6.07) is 10.2. The third kappa shape index (κ3) is 2.42. The Morgan fingerprint density at radius 3 is 3.00 bits per heavy atom. The molecule has 19 heavy (non-hydrogen) atoms. The number of nitrogens with zero attached hydrogens (tertiary/aromatic N) is 3. The summed E-state index contributed by atoms with van der Waals surface area (Å²) in [4.78, 5) is 8.78. The Balaban J connectivity index is 1.78. The first kappa shape index (κ1) is 11.7. The highest BCUT2D eigenvalue weighted by molar-refractivity contribution is 5.81.